The highest BCUT2D eigenvalue weighted by molar-refractivity contribution is 9.10. The number of benzene rings is 1. The summed E-state index contributed by atoms with van der Waals surface area (Å²) in [6.45, 7) is 0. The smallest absolute Gasteiger partial charge is 0.242 e. The Kier molecular flexibility index (Phi) is 3.13. The molecule has 92 valence electrons. The molecule has 1 saturated heterocycles. The number of carbonyl (C=O) groups excluding carboxylic acids is 1. The van der Waals surface area contributed by atoms with Crippen molar-refractivity contribution in [2.75, 3.05) is 17.2 Å². The van der Waals surface area contributed by atoms with E-state index in [0.29, 0.717) is 15.9 Å². The third kappa shape index (κ3) is 2.16. The van der Waals surface area contributed by atoms with Crippen molar-refractivity contribution in [1.82, 2.24) is 0 Å². The van der Waals surface area contributed by atoms with Gasteiger partial charge in [-0.05, 0) is 34.1 Å². The van der Waals surface area contributed by atoms with Gasteiger partial charge in [0.2, 0.25) is 15.9 Å². The van der Waals surface area contributed by atoms with Gasteiger partial charge in [0.25, 0.3) is 0 Å². The van der Waals surface area contributed by atoms with E-state index in [1.54, 1.807) is 18.2 Å². The summed E-state index contributed by atoms with van der Waals surface area (Å²) in [4.78, 5) is 11.6. The summed E-state index contributed by atoms with van der Waals surface area (Å²) in [6, 6.07) is 4.71. The molecule has 0 atom stereocenters. The normalized spacial score (nSPS) is 18.5. The van der Waals surface area contributed by atoms with Crippen LogP contribution in [-0.2, 0) is 14.8 Å². The Morgan fingerprint density at radius 2 is 2.12 bits per heavy atom. The van der Waals surface area contributed by atoms with Crippen LogP contribution in [0.1, 0.15) is 6.42 Å². The minimum Gasteiger partial charge on any atom is -0.496 e. The Morgan fingerprint density at radius 1 is 1.41 bits per heavy atom. The fourth-order valence-corrected chi connectivity index (χ4v) is 3.63. The van der Waals surface area contributed by atoms with Gasteiger partial charge in [-0.25, -0.2) is 12.7 Å². The summed E-state index contributed by atoms with van der Waals surface area (Å²) in [7, 11) is -1.99. The van der Waals surface area contributed by atoms with Crippen LogP contribution < -0.4 is 9.04 Å². The van der Waals surface area contributed by atoms with E-state index < -0.39 is 15.9 Å². The molecule has 0 unspecified atom stereocenters. The van der Waals surface area contributed by atoms with Gasteiger partial charge in [-0.1, -0.05) is 0 Å². The van der Waals surface area contributed by atoms with E-state index in [2.05, 4.69) is 15.9 Å². The Labute approximate surface area is 108 Å². The van der Waals surface area contributed by atoms with E-state index in [0.717, 1.165) is 4.31 Å². The number of amides is 1. The van der Waals surface area contributed by atoms with Gasteiger partial charge in [-0.2, -0.15) is 0 Å². The first kappa shape index (κ1) is 12.4. The Hall–Kier alpha value is -1.08. The number of halogens is 1. The number of sulfonamides is 1. The van der Waals surface area contributed by atoms with Crippen LogP contribution in [0, 0.1) is 0 Å². The standard InChI is InChI=1S/C10H10BrNO4S/c1-16-9-3-2-7(6-8(9)11)12-10(13)4-5-17(12,14)15/h2-3,6H,4-5H2,1H3. The van der Waals surface area contributed by atoms with E-state index >= 15 is 0 Å². The highest BCUT2D eigenvalue weighted by Crippen LogP contribution is 2.32. The van der Waals surface area contributed by atoms with Gasteiger partial charge >= 0.3 is 0 Å². The molecule has 5 nitrogen and oxygen atoms in total. The maximum atomic E-state index is 11.7. The third-order valence-electron chi connectivity index (χ3n) is 2.45. The van der Waals surface area contributed by atoms with Crippen LogP contribution in [0.4, 0.5) is 5.69 Å². The van der Waals surface area contributed by atoms with Crippen molar-refractivity contribution < 1.29 is 17.9 Å². The largest absolute Gasteiger partial charge is 0.496 e. The number of nitrogens with zero attached hydrogens (tertiary/aromatic N) is 1. The van der Waals surface area contributed by atoms with Crippen molar-refractivity contribution in [2.45, 2.75) is 6.42 Å². The third-order valence-corrected chi connectivity index (χ3v) is 4.76. The van der Waals surface area contributed by atoms with Crippen LogP contribution in [-0.4, -0.2) is 27.2 Å². The maximum absolute atomic E-state index is 11.7. The lowest BCUT2D eigenvalue weighted by Crippen LogP contribution is -2.29. The van der Waals surface area contributed by atoms with Gasteiger partial charge in [-0.3, -0.25) is 4.79 Å². The van der Waals surface area contributed by atoms with Gasteiger partial charge in [0.15, 0.2) is 0 Å². The number of carbonyl (C=O) groups is 1. The van der Waals surface area contributed by atoms with Crippen LogP contribution >= 0.6 is 15.9 Å². The molecule has 0 spiro atoms. The number of hydrogen-bond donors (Lipinski definition) is 0. The van der Waals surface area contributed by atoms with Crippen molar-refractivity contribution >= 4 is 37.5 Å². The molecular weight excluding hydrogens is 310 g/mol. The number of hydrogen-bond acceptors (Lipinski definition) is 4. The molecule has 0 radical (unpaired) electrons. The average molecular weight is 320 g/mol. The highest BCUT2D eigenvalue weighted by Gasteiger charge is 2.36. The second-order valence-electron chi connectivity index (χ2n) is 3.54. The molecule has 2 rings (SSSR count). The lowest BCUT2D eigenvalue weighted by atomic mass is 10.3. The van der Waals surface area contributed by atoms with Crippen molar-refractivity contribution in [3.63, 3.8) is 0 Å². The van der Waals surface area contributed by atoms with Crippen molar-refractivity contribution in [3.05, 3.63) is 22.7 Å². The maximum Gasteiger partial charge on any atom is 0.242 e. The minimum atomic E-state index is -3.50. The Morgan fingerprint density at radius 3 is 2.59 bits per heavy atom. The Balaban J connectivity index is 2.47. The molecule has 17 heavy (non-hydrogen) atoms. The second kappa shape index (κ2) is 4.30. The zero-order chi connectivity index (χ0) is 12.6. The molecule has 0 N–H and O–H groups in total. The molecular formula is C10H10BrNO4S. The molecule has 0 bridgehead atoms. The molecule has 7 heteroatoms. The SMILES string of the molecule is COc1ccc(N2C(=O)CCS2(=O)=O)cc1Br. The Bertz CT molecular complexity index is 570. The fraction of sp³-hybridized carbons (Fsp3) is 0.300. The first-order chi connectivity index (χ1) is 7.95. The van der Waals surface area contributed by atoms with E-state index in [-0.39, 0.29) is 12.2 Å². The molecule has 0 aliphatic carbocycles. The summed E-state index contributed by atoms with van der Waals surface area (Å²) in [6.07, 6.45) is 0.0337. The summed E-state index contributed by atoms with van der Waals surface area (Å²) in [5.41, 5.74) is 0.333. The first-order valence-corrected chi connectivity index (χ1v) is 7.25. The molecule has 1 heterocycles. The summed E-state index contributed by atoms with van der Waals surface area (Å²) in [5.74, 6) is 0.0509. The average Bonchev–Trinajstić information content (AvgIpc) is 2.53. The van der Waals surface area contributed by atoms with E-state index in [4.69, 9.17) is 4.74 Å². The van der Waals surface area contributed by atoms with Crippen LogP contribution in [0.2, 0.25) is 0 Å². The molecule has 0 aromatic heterocycles. The first-order valence-electron chi connectivity index (χ1n) is 4.85. The van der Waals surface area contributed by atoms with Gasteiger partial charge in [0, 0.05) is 6.42 Å². The van der Waals surface area contributed by atoms with Crippen molar-refractivity contribution in [2.24, 2.45) is 0 Å². The quantitative estimate of drug-likeness (QED) is 0.829. The van der Waals surface area contributed by atoms with Gasteiger partial charge in [0.1, 0.15) is 5.75 Å². The molecule has 1 amide bonds. The van der Waals surface area contributed by atoms with E-state index in [1.807, 2.05) is 0 Å². The highest BCUT2D eigenvalue weighted by atomic mass is 79.9. The van der Waals surface area contributed by atoms with Crippen LogP contribution in [0.25, 0.3) is 0 Å². The van der Waals surface area contributed by atoms with Crippen molar-refractivity contribution in [1.29, 1.82) is 0 Å². The molecule has 0 saturated carbocycles. The summed E-state index contributed by atoms with van der Waals surface area (Å²) < 4.78 is 29.9. The molecule has 1 fully saturated rings. The van der Waals surface area contributed by atoms with Gasteiger partial charge < -0.3 is 4.74 Å². The molecule has 1 aliphatic heterocycles. The topological polar surface area (TPSA) is 63.7 Å². The van der Waals surface area contributed by atoms with E-state index in [9.17, 15) is 13.2 Å². The van der Waals surface area contributed by atoms with Crippen LogP contribution in [0.5, 0.6) is 5.75 Å². The second-order valence-corrected chi connectivity index (χ2v) is 6.33. The zero-order valence-electron chi connectivity index (χ0n) is 9.01. The number of methoxy groups -OCH3 is 1. The minimum absolute atomic E-state index is 0.0337. The van der Waals surface area contributed by atoms with Crippen molar-refractivity contribution in [3.8, 4) is 5.75 Å². The molecule has 1 aromatic rings. The predicted octanol–water partition coefficient (Wildman–Crippen LogP) is 1.52. The fourth-order valence-electron chi connectivity index (χ4n) is 1.65. The molecule has 1 aliphatic rings. The van der Waals surface area contributed by atoms with E-state index in [1.165, 1.54) is 7.11 Å². The number of ether oxygens (including phenoxy) is 1. The summed E-state index contributed by atoms with van der Waals surface area (Å²) in [5, 5.41) is 0. The van der Waals surface area contributed by atoms with Crippen LogP contribution in [0.15, 0.2) is 22.7 Å². The monoisotopic (exact) mass is 319 g/mol. The van der Waals surface area contributed by atoms with Gasteiger partial charge in [0.05, 0.1) is 23.0 Å². The zero-order valence-corrected chi connectivity index (χ0v) is 11.4. The number of rotatable bonds is 2. The molecule has 1 aromatic carbocycles. The van der Waals surface area contributed by atoms with Crippen LogP contribution in [0.3, 0.4) is 0 Å². The van der Waals surface area contributed by atoms with Gasteiger partial charge in [-0.15, -0.1) is 0 Å². The lowest BCUT2D eigenvalue weighted by molar-refractivity contribution is -0.116. The number of anilines is 1. The lowest BCUT2D eigenvalue weighted by Gasteiger charge is -2.15. The summed E-state index contributed by atoms with van der Waals surface area (Å²) >= 11 is 3.25. The predicted molar refractivity (Wildman–Crippen MR) is 66.6 cm³/mol.